The third-order valence-corrected chi connectivity index (χ3v) is 2.61. The highest BCUT2D eigenvalue weighted by Crippen LogP contribution is 2.27. The van der Waals surface area contributed by atoms with Gasteiger partial charge in [0, 0.05) is 5.69 Å². The second-order valence-corrected chi connectivity index (χ2v) is 3.32. The van der Waals surface area contributed by atoms with E-state index in [2.05, 4.69) is 11.9 Å². The summed E-state index contributed by atoms with van der Waals surface area (Å²) < 4.78 is 0. The van der Waals surface area contributed by atoms with Crippen molar-refractivity contribution in [3.05, 3.63) is 23.0 Å². The van der Waals surface area contributed by atoms with Crippen LogP contribution in [0.15, 0.2) is 6.20 Å². The van der Waals surface area contributed by atoms with Crippen molar-refractivity contribution in [3.8, 4) is 0 Å². The van der Waals surface area contributed by atoms with Crippen molar-refractivity contribution in [1.29, 1.82) is 0 Å². The Balaban J connectivity index is 2.57. The van der Waals surface area contributed by atoms with Crippen LogP contribution in [0.4, 0.5) is 5.69 Å². The van der Waals surface area contributed by atoms with Crippen LogP contribution < -0.4 is 5.73 Å². The maximum absolute atomic E-state index is 5.84. The number of aromatic nitrogens is 1. The van der Waals surface area contributed by atoms with Crippen molar-refractivity contribution >= 4 is 5.69 Å². The molecule has 1 aliphatic carbocycles. The predicted octanol–water partition coefficient (Wildman–Crippen LogP) is 1.71. The van der Waals surface area contributed by atoms with Gasteiger partial charge in [-0.15, -0.1) is 0 Å². The first-order valence-electron chi connectivity index (χ1n) is 4.58. The predicted molar refractivity (Wildman–Crippen MR) is 50.1 cm³/mol. The largest absolute Gasteiger partial charge is 0.397 e. The maximum Gasteiger partial charge on any atom is 0.0536 e. The highest BCUT2D eigenvalue weighted by molar-refractivity contribution is 5.51. The Morgan fingerprint density at radius 2 is 2.33 bits per heavy atom. The molecule has 0 amide bonds. The molecular formula is C10H14N2. The van der Waals surface area contributed by atoms with Gasteiger partial charge in [0.1, 0.15) is 0 Å². The van der Waals surface area contributed by atoms with Gasteiger partial charge in [0.25, 0.3) is 0 Å². The van der Waals surface area contributed by atoms with Crippen molar-refractivity contribution in [2.45, 2.75) is 32.6 Å². The van der Waals surface area contributed by atoms with Crippen molar-refractivity contribution in [2.24, 2.45) is 0 Å². The lowest BCUT2D eigenvalue weighted by atomic mass is 10.0. The van der Waals surface area contributed by atoms with E-state index in [-0.39, 0.29) is 0 Å². The molecule has 0 spiro atoms. The number of nitrogens with zero attached hydrogens (tertiary/aromatic N) is 1. The lowest BCUT2D eigenvalue weighted by Crippen LogP contribution is -2.00. The summed E-state index contributed by atoms with van der Waals surface area (Å²) in [5.74, 6) is 0. The van der Waals surface area contributed by atoms with Gasteiger partial charge in [-0.25, -0.2) is 0 Å². The Morgan fingerprint density at radius 3 is 3.08 bits per heavy atom. The summed E-state index contributed by atoms with van der Waals surface area (Å²) in [6.45, 7) is 2.16. The van der Waals surface area contributed by atoms with Crippen LogP contribution in [-0.2, 0) is 19.3 Å². The molecule has 0 unspecified atom stereocenters. The number of hydrogen-bond donors (Lipinski definition) is 1. The monoisotopic (exact) mass is 162 g/mol. The summed E-state index contributed by atoms with van der Waals surface area (Å²) in [4.78, 5) is 4.34. The van der Waals surface area contributed by atoms with Crippen molar-refractivity contribution in [2.75, 3.05) is 5.73 Å². The Morgan fingerprint density at radius 1 is 1.50 bits per heavy atom. The highest BCUT2D eigenvalue weighted by atomic mass is 14.7. The van der Waals surface area contributed by atoms with E-state index in [4.69, 9.17) is 5.73 Å². The zero-order valence-electron chi connectivity index (χ0n) is 7.43. The van der Waals surface area contributed by atoms with Crippen LogP contribution in [0.1, 0.15) is 30.2 Å². The van der Waals surface area contributed by atoms with Crippen molar-refractivity contribution < 1.29 is 0 Å². The third kappa shape index (κ3) is 0.986. The molecule has 1 heterocycles. The minimum absolute atomic E-state index is 0.873. The number of rotatable bonds is 1. The molecule has 0 atom stereocenters. The van der Waals surface area contributed by atoms with Crippen LogP contribution in [0.5, 0.6) is 0 Å². The zero-order valence-corrected chi connectivity index (χ0v) is 7.43. The number of nitrogens with two attached hydrogens (primary N) is 1. The fourth-order valence-corrected chi connectivity index (χ4v) is 2.01. The van der Waals surface area contributed by atoms with Crippen LogP contribution in [0.25, 0.3) is 0 Å². The Bertz CT molecular complexity index is 305. The van der Waals surface area contributed by atoms with Crippen LogP contribution in [0.2, 0.25) is 0 Å². The molecule has 1 aliphatic rings. The number of fused-ring (bicyclic) bond motifs is 1. The topological polar surface area (TPSA) is 38.9 Å². The van der Waals surface area contributed by atoms with E-state index in [1.54, 1.807) is 0 Å². The van der Waals surface area contributed by atoms with Gasteiger partial charge in [0.05, 0.1) is 11.9 Å². The van der Waals surface area contributed by atoms with E-state index >= 15 is 0 Å². The summed E-state index contributed by atoms with van der Waals surface area (Å²) in [5.41, 5.74) is 10.8. The number of pyridine rings is 1. The molecule has 1 aromatic heterocycles. The second-order valence-electron chi connectivity index (χ2n) is 3.32. The molecule has 0 saturated heterocycles. The molecule has 0 fully saturated rings. The van der Waals surface area contributed by atoms with Gasteiger partial charge in [-0.1, -0.05) is 6.92 Å². The van der Waals surface area contributed by atoms with Crippen LogP contribution in [-0.4, -0.2) is 4.98 Å². The van der Waals surface area contributed by atoms with Gasteiger partial charge < -0.3 is 5.73 Å². The summed E-state index contributed by atoms with van der Waals surface area (Å²) in [5, 5.41) is 0. The number of aryl methyl sites for hydroxylation is 1. The summed E-state index contributed by atoms with van der Waals surface area (Å²) >= 11 is 0. The lowest BCUT2D eigenvalue weighted by molar-refractivity contribution is 0.896. The molecule has 64 valence electrons. The van der Waals surface area contributed by atoms with Crippen molar-refractivity contribution in [3.63, 3.8) is 0 Å². The highest BCUT2D eigenvalue weighted by Gasteiger charge is 2.16. The van der Waals surface area contributed by atoms with Crippen molar-refractivity contribution in [1.82, 2.24) is 4.98 Å². The fourth-order valence-electron chi connectivity index (χ4n) is 2.01. The van der Waals surface area contributed by atoms with Gasteiger partial charge in [0.15, 0.2) is 0 Å². The minimum Gasteiger partial charge on any atom is -0.397 e. The molecule has 12 heavy (non-hydrogen) atoms. The lowest BCUT2D eigenvalue weighted by Gasteiger charge is -2.07. The second kappa shape index (κ2) is 2.77. The fraction of sp³-hybridized carbons (Fsp3) is 0.500. The van der Waals surface area contributed by atoms with E-state index < -0.39 is 0 Å². The molecule has 0 aromatic carbocycles. The normalized spacial score (nSPS) is 14.8. The molecule has 2 nitrogen and oxygen atoms in total. The van der Waals surface area contributed by atoms with E-state index in [9.17, 15) is 0 Å². The van der Waals surface area contributed by atoms with Gasteiger partial charge in [0.2, 0.25) is 0 Å². The molecule has 0 saturated carbocycles. The quantitative estimate of drug-likeness (QED) is 0.682. The molecule has 0 bridgehead atoms. The molecule has 0 radical (unpaired) electrons. The molecule has 2 rings (SSSR count). The average Bonchev–Trinajstić information content (AvgIpc) is 2.52. The Kier molecular flexibility index (Phi) is 1.75. The van der Waals surface area contributed by atoms with Gasteiger partial charge in [-0.05, 0) is 36.8 Å². The first-order chi connectivity index (χ1) is 5.83. The summed E-state index contributed by atoms with van der Waals surface area (Å²) in [6, 6.07) is 0. The SMILES string of the molecule is CCc1c(N)cnc2c1CCC2. The zero-order chi connectivity index (χ0) is 8.55. The van der Waals surface area contributed by atoms with Crippen LogP contribution in [0, 0.1) is 0 Å². The van der Waals surface area contributed by atoms with Gasteiger partial charge in [-0.3, -0.25) is 4.98 Å². The molecule has 2 heteroatoms. The van der Waals surface area contributed by atoms with Crippen LogP contribution in [0.3, 0.4) is 0 Å². The van der Waals surface area contributed by atoms with Gasteiger partial charge in [-0.2, -0.15) is 0 Å². The van der Waals surface area contributed by atoms with E-state index in [1.807, 2.05) is 6.20 Å². The Hall–Kier alpha value is -1.05. The average molecular weight is 162 g/mol. The summed E-state index contributed by atoms with van der Waals surface area (Å²) in [6.07, 6.45) is 6.41. The maximum atomic E-state index is 5.84. The standard InChI is InChI=1S/C10H14N2/c1-2-7-8-4-3-5-10(8)12-6-9(7)11/h6H,2-5,11H2,1H3. The minimum atomic E-state index is 0.873. The van der Waals surface area contributed by atoms with E-state index in [1.165, 1.54) is 29.7 Å². The van der Waals surface area contributed by atoms with E-state index in [0.717, 1.165) is 18.5 Å². The number of anilines is 1. The third-order valence-electron chi connectivity index (χ3n) is 2.61. The molecule has 0 aliphatic heterocycles. The first kappa shape index (κ1) is 7.59. The van der Waals surface area contributed by atoms with Gasteiger partial charge >= 0.3 is 0 Å². The molecular weight excluding hydrogens is 148 g/mol. The number of hydrogen-bond acceptors (Lipinski definition) is 2. The smallest absolute Gasteiger partial charge is 0.0536 e. The van der Waals surface area contributed by atoms with Crippen LogP contribution >= 0.6 is 0 Å². The van der Waals surface area contributed by atoms with E-state index in [0.29, 0.717) is 0 Å². The first-order valence-corrected chi connectivity index (χ1v) is 4.58. The molecule has 1 aromatic rings. The Labute approximate surface area is 72.8 Å². The molecule has 2 N–H and O–H groups in total. The summed E-state index contributed by atoms with van der Waals surface area (Å²) in [7, 11) is 0. The number of nitrogen functional groups attached to an aromatic ring is 1.